The van der Waals surface area contributed by atoms with E-state index in [1.54, 1.807) is 6.07 Å². The lowest BCUT2D eigenvalue weighted by Gasteiger charge is -2.33. The molecule has 138 valence electrons. The highest BCUT2D eigenvalue weighted by Gasteiger charge is 2.42. The molecule has 3 aliphatic rings. The molecule has 0 bridgehead atoms. The number of piperazine rings is 1. The van der Waals surface area contributed by atoms with Crippen LogP contribution in [0.5, 0.6) is 11.5 Å². The van der Waals surface area contributed by atoms with Gasteiger partial charge in [-0.25, -0.2) is 16.8 Å². The molecule has 1 aromatic rings. The average Bonchev–Trinajstić information content (AvgIpc) is 3.47. The maximum absolute atomic E-state index is 12.8. The molecule has 0 N–H and O–H groups in total. The number of rotatable bonds is 4. The highest BCUT2D eigenvalue weighted by atomic mass is 32.2. The predicted molar refractivity (Wildman–Crippen MR) is 89.7 cm³/mol. The smallest absolute Gasteiger partial charge is 0.243 e. The Morgan fingerprint density at radius 2 is 1.44 bits per heavy atom. The standard InChI is InChI=1S/C15H20N2O6S2/c18-24(19,12-1-2-12)16-5-7-17(8-6-16)25(20,21)13-3-4-14-15(11-13)23-10-9-22-14/h3-4,11-12H,1-2,5-10H2. The van der Waals surface area contributed by atoms with Crippen LogP contribution in [0.4, 0.5) is 0 Å². The molecule has 2 fully saturated rings. The molecule has 1 aliphatic carbocycles. The quantitative estimate of drug-likeness (QED) is 0.734. The molecular formula is C15H20N2O6S2. The second-order valence-corrected chi connectivity index (χ2v) is 10.5. The Hall–Kier alpha value is -1.36. The Morgan fingerprint density at radius 1 is 0.840 bits per heavy atom. The van der Waals surface area contributed by atoms with Gasteiger partial charge in [0.05, 0.1) is 10.1 Å². The maximum atomic E-state index is 12.8. The summed E-state index contributed by atoms with van der Waals surface area (Å²) in [4.78, 5) is 0.134. The Bertz CT molecular complexity index is 871. The van der Waals surface area contributed by atoms with Crippen molar-refractivity contribution < 1.29 is 26.3 Å². The fourth-order valence-electron chi connectivity index (χ4n) is 3.07. The third kappa shape index (κ3) is 3.12. The van der Waals surface area contributed by atoms with Gasteiger partial charge in [-0.15, -0.1) is 0 Å². The molecule has 25 heavy (non-hydrogen) atoms. The van der Waals surface area contributed by atoms with Gasteiger partial charge >= 0.3 is 0 Å². The molecule has 0 unspecified atom stereocenters. The molecule has 0 amide bonds. The Labute approximate surface area is 147 Å². The zero-order chi connectivity index (χ0) is 17.7. The number of nitrogens with zero attached hydrogens (tertiary/aromatic N) is 2. The lowest BCUT2D eigenvalue weighted by Crippen LogP contribution is -2.51. The van der Waals surface area contributed by atoms with Gasteiger partial charge < -0.3 is 9.47 Å². The van der Waals surface area contributed by atoms with Crippen LogP contribution in [0.25, 0.3) is 0 Å². The zero-order valence-corrected chi connectivity index (χ0v) is 15.3. The van der Waals surface area contributed by atoms with E-state index < -0.39 is 20.0 Å². The number of hydrogen-bond acceptors (Lipinski definition) is 6. The molecule has 2 heterocycles. The molecule has 2 aliphatic heterocycles. The summed E-state index contributed by atoms with van der Waals surface area (Å²) in [6.07, 6.45) is 1.41. The molecule has 10 heteroatoms. The van der Waals surface area contributed by atoms with E-state index in [4.69, 9.17) is 9.47 Å². The summed E-state index contributed by atoms with van der Waals surface area (Å²) < 4.78 is 63.8. The Balaban J connectivity index is 1.50. The topological polar surface area (TPSA) is 93.2 Å². The lowest BCUT2D eigenvalue weighted by molar-refractivity contribution is 0.171. The number of benzene rings is 1. The minimum absolute atomic E-state index is 0.134. The molecular weight excluding hydrogens is 368 g/mol. The highest BCUT2D eigenvalue weighted by Crippen LogP contribution is 2.34. The normalized spacial score (nSPS) is 22.7. The first-order valence-corrected chi connectivity index (χ1v) is 11.2. The summed E-state index contributed by atoms with van der Waals surface area (Å²) in [5, 5.41) is -0.270. The molecule has 0 atom stereocenters. The SMILES string of the molecule is O=S(=O)(c1ccc2c(c1)OCCO2)N1CCN(S(=O)(=O)C2CC2)CC1. The first kappa shape index (κ1) is 17.1. The van der Waals surface area contributed by atoms with Gasteiger partial charge in [0.25, 0.3) is 0 Å². The van der Waals surface area contributed by atoms with E-state index in [1.807, 2.05) is 0 Å². The van der Waals surface area contributed by atoms with Gasteiger partial charge in [0.1, 0.15) is 13.2 Å². The fraction of sp³-hybridized carbons (Fsp3) is 0.600. The van der Waals surface area contributed by atoms with Gasteiger partial charge in [-0.2, -0.15) is 8.61 Å². The van der Waals surface area contributed by atoms with E-state index in [0.29, 0.717) is 37.6 Å². The van der Waals surface area contributed by atoms with Gasteiger partial charge in [0.15, 0.2) is 11.5 Å². The second-order valence-electron chi connectivity index (χ2n) is 6.35. The molecule has 4 rings (SSSR count). The van der Waals surface area contributed by atoms with Crippen molar-refractivity contribution in [1.82, 2.24) is 8.61 Å². The highest BCUT2D eigenvalue weighted by molar-refractivity contribution is 7.90. The molecule has 1 saturated carbocycles. The van der Waals surface area contributed by atoms with Crippen LogP contribution < -0.4 is 9.47 Å². The number of hydrogen-bond donors (Lipinski definition) is 0. The van der Waals surface area contributed by atoms with Crippen molar-refractivity contribution in [2.45, 2.75) is 23.0 Å². The third-order valence-electron chi connectivity index (χ3n) is 4.65. The van der Waals surface area contributed by atoms with E-state index in [-0.39, 0.29) is 36.3 Å². The number of fused-ring (bicyclic) bond motifs is 1. The van der Waals surface area contributed by atoms with Crippen LogP contribution in [0.15, 0.2) is 23.1 Å². The summed E-state index contributed by atoms with van der Waals surface area (Å²) >= 11 is 0. The van der Waals surface area contributed by atoms with E-state index in [9.17, 15) is 16.8 Å². The van der Waals surface area contributed by atoms with Crippen molar-refractivity contribution in [3.8, 4) is 11.5 Å². The Morgan fingerprint density at radius 3 is 2.08 bits per heavy atom. The summed E-state index contributed by atoms with van der Waals surface area (Å²) in [6.45, 7) is 1.53. The van der Waals surface area contributed by atoms with Crippen molar-refractivity contribution in [3.05, 3.63) is 18.2 Å². The number of ether oxygens (including phenoxy) is 2. The van der Waals surface area contributed by atoms with Crippen molar-refractivity contribution in [2.24, 2.45) is 0 Å². The van der Waals surface area contributed by atoms with Gasteiger partial charge in [-0.05, 0) is 25.0 Å². The Kier molecular flexibility index (Phi) is 4.18. The third-order valence-corrected chi connectivity index (χ3v) is 8.95. The number of sulfonamides is 2. The van der Waals surface area contributed by atoms with E-state index >= 15 is 0 Å². The van der Waals surface area contributed by atoms with E-state index in [1.165, 1.54) is 20.7 Å². The summed E-state index contributed by atoms with van der Waals surface area (Å²) in [5.74, 6) is 0.952. The lowest BCUT2D eigenvalue weighted by atomic mass is 10.3. The zero-order valence-electron chi connectivity index (χ0n) is 13.6. The van der Waals surface area contributed by atoms with Gasteiger partial charge in [-0.1, -0.05) is 0 Å². The molecule has 1 aromatic carbocycles. The largest absolute Gasteiger partial charge is 0.486 e. The minimum Gasteiger partial charge on any atom is -0.486 e. The maximum Gasteiger partial charge on any atom is 0.243 e. The van der Waals surface area contributed by atoms with E-state index in [2.05, 4.69) is 0 Å². The first-order valence-electron chi connectivity index (χ1n) is 8.28. The molecule has 0 radical (unpaired) electrons. The van der Waals surface area contributed by atoms with Crippen LogP contribution in [0.2, 0.25) is 0 Å². The summed E-state index contributed by atoms with van der Waals surface area (Å²) in [5.41, 5.74) is 0. The minimum atomic E-state index is -3.69. The second kappa shape index (κ2) is 6.11. The average molecular weight is 388 g/mol. The van der Waals surface area contributed by atoms with Crippen molar-refractivity contribution in [3.63, 3.8) is 0 Å². The van der Waals surface area contributed by atoms with Crippen molar-refractivity contribution >= 4 is 20.0 Å². The van der Waals surface area contributed by atoms with Gasteiger partial charge in [0.2, 0.25) is 20.0 Å². The molecule has 8 nitrogen and oxygen atoms in total. The summed E-state index contributed by atoms with van der Waals surface area (Å²) in [7, 11) is -6.95. The molecule has 1 saturated heterocycles. The predicted octanol–water partition coefficient (Wildman–Crippen LogP) is 0.256. The fourth-order valence-corrected chi connectivity index (χ4v) is 6.34. The van der Waals surface area contributed by atoms with Crippen LogP contribution in [-0.2, 0) is 20.0 Å². The van der Waals surface area contributed by atoms with Crippen molar-refractivity contribution in [2.75, 3.05) is 39.4 Å². The van der Waals surface area contributed by atoms with Crippen LogP contribution >= 0.6 is 0 Å². The molecule has 0 spiro atoms. The van der Waals surface area contributed by atoms with E-state index in [0.717, 1.165) is 0 Å². The molecule has 0 aromatic heterocycles. The van der Waals surface area contributed by atoms with Gasteiger partial charge in [0, 0.05) is 32.2 Å². The van der Waals surface area contributed by atoms with Gasteiger partial charge in [-0.3, -0.25) is 0 Å². The van der Waals surface area contributed by atoms with Crippen molar-refractivity contribution in [1.29, 1.82) is 0 Å². The van der Waals surface area contributed by atoms with Crippen LogP contribution in [0, 0.1) is 0 Å². The summed E-state index contributed by atoms with van der Waals surface area (Å²) in [6, 6.07) is 4.56. The monoisotopic (exact) mass is 388 g/mol. The van der Waals surface area contributed by atoms with Crippen LogP contribution in [0.3, 0.4) is 0 Å². The first-order chi connectivity index (χ1) is 11.9. The van der Waals surface area contributed by atoms with Crippen LogP contribution in [-0.4, -0.2) is 70.1 Å². The van der Waals surface area contributed by atoms with Crippen LogP contribution in [0.1, 0.15) is 12.8 Å².